The van der Waals surface area contributed by atoms with Crippen molar-refractivity contribution in [3.63, 3.8) is 0 Å². The van der Waals surface area contributed by atoms with Crippen LogP contribution in [0.2, 0.25) is 0 Å². The van der Waals surface area contributed by atoms with Gasteiger partial charge in [-0.25, -0.2) is 9.59 Å². The number of hydrogen-bond acceptors (Lipinski definition) is 4. The molecule has 1 rings (SSSR count). The molecule has 20 heavy (non-hydrogen) atoms. The van der Waals surface area contributed by atoms with Crippen molar-refractivity contribution in [2.75, 3.05) is 7.11 Å². The van der Waals surface area contributed by atoms with E-state index < -0.39 is 11.6 Å². The van der Waals surface area contributed by atoms with Crippen molar-refractivity contribution < 1.29 is 19.1 Å². The monoisotopic (exact) mass is 388 g/mol. The molecule has 0 N–H and O–H groups in total. The predicted octanol–water partition coefficient (Wildman–Crippen LogP) is 3.43. The lowest BCUT2D eigenvalue weighted by molar-refractivity contribution is -0.148. The molecule has 5 heteroatoms. The second kappa shape index (κ2) is 6.88. The zero-order valence-electron chi connectivity index (χ0n) is 11.9. The number of methoxy groups -OCH3 is 1. The second-order valence-electron chi connectivity index (χ2n) is 5.09. The molecule has 0 saturated heterocycles. The topological polar surface area (TPSA) is 52.6 Å². The molecule has 0 aromatic heterocycles. The van der Waals surface area contributed by atoms with E-state index in [0.717, 1.165) is 9.13 Å². The fourth-order valence-electron chi connectivity index (χ4n) is 1.40. The minimum Gasteiger partial charge on any atom is -0.465 e. The summed E-state index contributed by atoms with van der Waals surface area (Å²) in [5, 5.41) is 0. The molecule has 0 aliphatic carbocycles. The molecule has 4 nitrogen and oxygen atoms in total. The Morgan fingerprint density at radius 1 is 1.25 bits per heavy atom. The third-order valence-corrected chi connectivity index (χ3v) is 3.16. The Morgan fingerprint density at radius 2 is 1.90 bits per heavy atom. The van der Waals surface area contributed by atoms with Gasteiger partial charge in [0.05, 0.1) is 12.7 Å². The molecule has 0 spiro atoms. The molecule has 0 amide bonds. The zero-order chi connectivity index (χ0) is 15.3. The van der Waals surface area contributed by atoms with Crippen LogP contribution in [0.1, 0.15) is 36.7 Å². The number of halogens is 1. The Hall–Kier alpha value is -1.37. The Labute approximate surface area is 132 Å². The van der Waals surface area contributed by atoms with Crippen LogP contribution >= 0.6 is 22.6 Å². The molecule has 0 aliphatic rings. The predicted molar refractivity (Wildman–Crippen MR) is 85.4 cm³/mol. The van der Waals surface area contributed by atoms with Gasteiger partial charge in [0, 0.05) is 9.65 Å². The molecule has 1 aromatic carbocycles. The number of rotatable bonds is 3. The van der Waals surface area contributed by atoms with E-state index in [0.29, 0.717) is 5.56 Å². The highest BCUT2D eigenvalue weighted by molar-refractivity contribution is 14.1. The summed E-state index contributed by atoms with van der Waals surface area (Å²) in [7, 11) is 1.34. The number of benzene rings is 1. The average molecular weight is 388 g/mol. The summed E-state index contributed by atoms with van der Waals surface area (Å²) in [6.45, 7) is 5.44. The van der Waals surface area contributed by atoms with Gasteiger partial charge in [-0.15, -0.1) is 0 Å². The van der Waals surface area contributed by atoms with E-state index in [2.05, 4.69) is 27.3 Å². The molecular formula is C15H17IO4. The van der Waals surface area contributed by atoms with Gasteiger partial charge < -0.3 is 9.47 Å². The summed E-state index contributed by atoms with van der Waals surface area (Å²) in [6.07, 6.45) is 3.04. The molecule has 0 saturated carbocycles. The van der Waals surface area contributed by atoms with Crippen LogP contribution in [0.15, 0.2) is 24.3 Å². The normalized spacial score (nSPS) is 11.4. The van der Waals surface area contributed by atoms with Gasteiger partial charge in [0.2, 0.25) is 0 Å². The van der Waals surface area contributed by atoms with E-state index in [1.807, 2.05) is 20.8 Å². The van der Waals surface area contributed by atoms with Crippen LogP contribution in [0.3, 0.4) is 0 Å². The first-order chi connectivity index (χ1) is 9.23. The van der Waals surface area contributed by atoms with E-state index in [1.165, 1.54) is 13.2 Å². The van der Waals surface area contributed by atoms with Crippen molar-refractivity contribution in [3.8, 4) is 0 Å². The Balaban J connectivity index is 2.84. The molecule has 0 atom stereocenters. The van der Waals surface area contributed by atoms with Crippen molar-refractivity contribution in [1.82, 2.24) is 0 Å². The molecular weight excluding hydrogens is 371 g/mol. The van der Waals surface area contributed by atoms with E-state index in [-0.39, 0.29) is 5.97 Å². The van der Waals surface area contributed by atoms with Gasteiger partial charge in [-0.05, 0) is 67.1 Å². The van der Waals surface area contributed by atoms with Crippen molar-refractivity contribution >= 4 is 40.6 Å². The van der Waals surface area contributed by atoms with Crippen molar-refractivity contribution in [2.45, 2.75) is 26.4 Å². The number of carbonyl (C=O) groups excluding carboxylic acids is 2. The lowest BCUT2D eigenvalue weighted by Gasteiger charge is -2.17. The van der Waals surface area contributed by atoms with Gasteiger partial charge in [0.1, 0.15) is 5.60 Å². The van der Waals surface area contributed by atoms with E-state index >= 15 is 0 Å². The first-order valence-corrected chi connectivity index (χ1v) is 7.10. The minimum atomic E-state index is -0.511. The Bertz CT molecular complexity index is 541. The van der Waals surface area contributed by atoms with E-state index in [4.69, 9.17) is 4.74 Å². The number of esters is 2. The van der Waals surface area contributed by atoms with E-state index in [1.54, 1.807) is 24.3 Å². The molecule has 0 unspecified atom stereocenters. The maximum absolute atomic E-state index is 11.6. The standard InChI is InChI=1S/C15H17IO4/c1-15(2,3)20-13(17)8-7-10-5-6-11(9-12(10)16)14(18)19-4/h5-9H,1-4H3/b8-7+. The van der Waals surface area contributed by atoms with Crippen LogP contribution in [0.4, 0.5) is 0 Å². The molecule has 1 aromatic rings. The first-order valence-electron chi connectivity index (χ1n) is 6.02. The Kier molecular flexibility index (Phi) is 5.74. The van der Waals surface area contributed by atoms with Crippen LogP contribution in [-0.4, -0.2) is 24.6 Å². The molecule has 0 fully saturated rings. The molecule has 108 valence electrons. The fourth-order valence-corrected chi connectivity index (χ4v) is 2.10. The van der Waals surface area contributed by atoms with Crippen LogP contribution in [0, 0.1) is 3.57 Å². The smallest absolute Gasteiger partial charge is 0.337 e. The minimum absolute atomic E-state index is 0.384. The van der Waals surface area contributed by atoms with Gasteiger partial charge >= 0.3 is 11.9 Å². The summed E-state index contributed by atoms with van der Waals surface area (Å²) in [5.74, 6) is -0.782. The zero-order valence-corrected chi connectivity index (χ0v) is 14.1. The van der Waals surface area contributed by atoms with Gasteiger partial charge in [-0.1, -0.05) is 6.07 Å². The highest BCUT2D eigenvalue weighted by Gasteiger charge is 2.14. The third kappa shape index (κ3) is 5.32. The maximum atomic E-state index is 11.6. The maximum Gasteiger partial charge on any atom is 0.337 e. The summed E-state index contributed by atoms with van der Waals surface area (Å²) in [6, 6.07) is 5.12. The molecule has 0 bridgehead atoms. The highest BCUT2D eigenvalue weighted by Crippen LogP contribution is 2.17. The van der Waals surface area contributed by atoms with Gasteiger partial charge in [-0.2, -0.15) is 0 Å². The lowest BCUT2D eigenvalue weighted by atomic mass is 10.1. The number of carbonyl (C=O) groups is 2. The van der Waals surface area contributed by atoms with Crippen molar-refractivity contribution in [1.29, 1.82) is 0 Å². The van der Waals surface area contributed by atoms with Crippen molar-refractivity contribution in [3.05, 3.63) is 39.0 Å². The van der Waals surface area contributed by atoms with Crippen LogP contribution in [0.5, 0.6) is 0 Å². The quantitative estimate of drug-likeness (QED) is 0.452. The summed E-state index contributed by atoms with van der Waals surface area (Å²) >= 11 is 2.10. The van der Waals surface area contributed by atoms with Gasteiger partial charge in [0.15, 0.2) is 0 Å². The highest BCUT2D eigenvalue weighted by atomic mass is 127. The van der Waals surface area contributed by atoms with Crippen molar-refractivity contribution in [2.24, 2.45) is 0 Å². The second-order valence-corrected chi connectivity index (χ2v) is 6.26. The lowest BCUT2D eigenvalue weighted by Crippen LogP contribution is -2.22. The van der Waals surface area contributed by atoms with Crippen LogP contribution in [-0.2, 0) is 14.3 Å². The third-order valence-electron chi connectivity index (χ3n) is 2.23. The Morgan fingerprint density at radius 3 is 2.40 bits per heavy atom. The van der Waals surface area contributed by atoms with Crippen LogP contribution < -0.4 is 0 Å². The SMILES string of the molecule is COC(=O)c1ccc(/C=C/C(=O)OC(C)(C)C)c(I)c1. The molecule has 0 heterocycles. The first kappa shape index (κ1) is 16.7. The average Bonchev–Trinajstić information content (AvgIpc) is 2.34. The van der Waals surface area contributed by atoms with E-state index in [9.17, 15) is 9.59 Å². The van der Waals surface area contributed by atoms with Crippen LogP contribution in [0.25, 0.3) is 6.08 Å². The molecule has 0 aliphatic heterocycles. The van der Waals surface area contributed by atoms with Gasteiger partial charge in [-0.3, -0.25) is 0 Å². The largest absolute Gasteiger partial charge is 0.465 e. The molecule has 0 radical (unpaired) electrons. The number of ether oxygens (including phenoxy) is 2. The summed E-state index contributed by atoms with van der Waals surface area (Å²) < 4.78 is 10.7. The summed E-state index contributed by atoms with van der Waals surface area (Å²) in [5.41, 5.74) is 0.805. The summed E-state index contributed by atoms with van der Waals surface area (Å²) in [4.78, 5) is 23.0. The number of hydrogen-bond donors (Lipinski definition) is 0. The van der Waals surface area contributed by atoms with Gasteiger partial charge in [0.25, 0.3) is 0 Å². The fraction of sp³-hybridized carbons (Fsp3) is 0.333.